The van der Waals surface area contributed by atoms with E-state index in [2.05, 4.69) is 5.43 Å². The van der Waals surface area contributed by atoms with Gasteiger partial charge in [-0.25, -0.2) is 0 Å². The lowest BCUT2D eigenvalue weighted by Crippen LogP contribution is -2.22. The number of pyridine rings is 1. The molecule has 0 saturated heterocycles. The Balaban J connectivity index is 2.46. The highest BCUT2D eigenvalue weighted by Crippen LogP contribution is 2.22. The van der Waals surface area contributed by atoms with Gasteiger partial charge in [-0.2, -0.15) is 0 Å². The van der Waals surface area contributed by atoms with Crippen molar-refractivity contribution < 1.29 is 4.92 Å². The van der Waals surface area contributed by atoms with Gasteiger partial charge >= 0.3 is 0 Å². The van der Waals surface area contributed by atoms with Crippen molar-refractivity contribution in [3.8, 4) is 0 Å². The molecule has 20 heavy (non-hydrogen) atoms. The summed E-state index contributed by atoms with van der Waals surface area (Å²) in [6.07, 6.45) is 1.63. The molecule has 0 fully saturated rings. The fourth-order valence-electron chi connectivity index (χ4n) is 1.93. The first kappa shape index (κ1) is 13.8. The normalized spacial score (nSPS) is 10.3. The fourth-order valence-corrected chi connectivity index (χ4v) is 1.93. The number of nitro benzene ring substituents is 1. The van der Waals surface area contributed by atoms with Gasteiger partial charge in [-0.1, -0.05) is 6.07 Å². The molecule has 0 saturated carbocycles. The molecule has 0 unspecified atom stereocenters. The van der Waals surface area contributed by atoms with Gasteiger partial charge in [0.05, 0.1) is 17.2 Å². The van der Waals surface area contributed by atoms with Crippen LogP contribution >= 0.6 is 0 Å². The van der Waals surface area contributed by atoms with Crippen molar-refractivity contribution in [1.82, 2.24) is 4.57 Å². The number of hydrogen-bond donors (Lipinski definition) is 2. The Morgan fingerprint density at radius 1 is 1.40 bits per heavy atom. The van der Waals surface area contributed by atoms with Crippen molar-refractivity contribution in [3.63, 3.8) is 0 Å². The van der Waals surface area contributed by atoms with Crippen molar-refractivity contribution in [2.45, 2.75) is 13.5 Å². The molecule has 0 bridgehead atoms. The van der Waals surface area contributed by atoms with Gasteiger partial charge in [0.25, 0.3) is 11.2 Å². The number of hydrogen-bond acceptors (Lipinski definition) is 5. The molecule has 1 aromatic heterocycles. The van der Waals surface area contributed by atoms with Crippen LogP contribution in [0.3, 0.4) is 0 Å². The van der Waals surface area contributed by atoms with E-state index in [0.717, 1.165) is 0 Å². The Bertz CT molecular complexity index is 709. The summed E-state index contributed by atoms with van der Waals surface area (Å²) in [5.74, 6) is 5.39. The fraction of sp³-hybridized carbons (Fsp3) is 0.154. The van der Waals surface area contributed by atoms with E-state index in [-0.39, 0.29) is 17.8 Å². The average Bonchev–Trinajstić information content (AvgIpc) is 2.43. The molecule has 1 heterocycles. The zero-order valence-corrected chi connectivity index (χ0v) is 10.9. The number of nitrogens with zero attached hydrogens (tertiary/aromatic N) is 2. The van der Waals surface area contributed by atoms with Gasteiger partial charge in [0, 0.05) is 29.5 Å². The third-order valence-electron chi connectivity index (χ3n) is 3.01. The molecule has 7 nitrogen and oxygen atoms in total. The lowest BCUT2D eigenvalue weighted by atomic mass is 10.1. The Morgan fingerprint density at radius 3 is 2.80 bits per heavy atom. The monoisotopic (exact) mass is 274 g/mol. The zero-order chi connectivity index (χ0) is 14.7. The first-order valence-corrected chi connectivity index (χ1v) is 5.93. The van der Waals surface area contributed by atoms with Gasteiger partial charge in [-0.15, -0.1) is 0 Å². The Hall–Kier alpha value is -2.67. The number of non-ortho nitro benzene ring substituents is 1. The molecule has 0 radical (unpaired) electrons. The molecule has 0 aliphatic heterocycles. The Morgan fingerprint density at radius 2 is 2.15 bits per heavy atom. The Labute approximate surface area is 114 Å². The van der Waals surface area contributed by atoms with Gasteiger partial charge < -0.3 is 9.99 Å². The molecule has 2 aromatic rings. The predicted molar refractivity (Wildman–Crippen MR) is 75.4 cm³/mol. The van der Waals surface area contributed by atoms with E-state index in [0.29, 0.717) is 16.8 Å². The minimum atomic E-state index is -0.483. The number of aromatic nitrogens is 1. The van der Waals surface area contributed by atoms with Gasteiger partial charge in [0.1, 0.15) is 0 Å². The summed E-state index contributed by atoms with van der Waals surface area (Å²) in [7, 11) is 0. The number of hydrazine groups is 1. The molecule has 104 valence electrons. The molecular weight excluding hydrogens is 260 g/mol. The molecule has 1 aromatic carbocycles. The first-order valence-electron chi connectivity index (χ1n) is 5.93. The van der Waals surface area contributed by atoms with Crippen LogP contribution < -0.4 is 16.8 Å². The number of nitro groups is 1. The number of nitrogen functional groups attached to an aromatic ring is 1. The minimum Gasteiger partial charge on any atom is -0.324 e. The van der Waals surface area contributed by atoms with E-state index in [4.69, 9.17) is 5.84 Å². The number of nitrogens with two attached hydrogens (primary N) is 1. The highest BCUT2D eigenvalue weighted by atomic mass is 16.6. The number of nitrogens with one attached hydrogen (secondary N) is 1. The second-order valence-electron chi connectivity index (χ2n) is 4.37. The topological polar surface area (TPSA) is 103 Å². The van der Waals surface area contributed by atoms with Crippen LogP contribution in [0.4, 0.5) is 11.4 Å². The lowest BCUT2D eigenvalue weighted by molar-refractivity contribution is -0.384. The summed E-state index contributed by atoms with van der Waals surface area (Å²) in [6.45, 7) is 1.93. The van der Waals surface area contributed by atoms with Crippen LogP contribution in [0.15, 0.2) is 41.3 Å². The van der Waals surface area contributed by atoms with E-state index in [9.17, 15) is 14.9 Å². The van der Waals surface area contributed by atoms with Gasteiger partial charge in [0.2, 0.25) is 0 Å². The largest absolute Gasteiger partial charge is 0.324 e. The number of benzene rings is 1. The molecular formula is C13H14N4O3. The number of rotatable bonds is 4. The summed E-state index contributed by atoms with van der Waals surface area (Å²) in [6, 6.07) is 7.76. The van der Waals surface area contributed by atoms with Crippen LogP contribution in [0.25, 0.3) is 0 Å². The highest BCUT2D eigenvalue weighted by Gasteiger charge is 2.11. The van der Waals surface area contributed by atoms with E-state index in [1.54, 1.807) is 25.3 Å². The molecule has 0 aliphatic rings. The molecule has 2 rings (SSSR count). The van der Waals surface area contributed by atoms with Crippen LogP contribution in [-0.4, -0.2) is 9.49 Å². The number of anilines is 1. The quantitative estimate of drug-likeness (QED) is 0.498. The summed E-state index contributed by atoms with van der Waals surface area (Å²) < 4.78 is 1.48. The van der Waals surface area contributed by atoms with E-state index >= 15 is 0 Å². The summed E-state index contributed by atoms with van der Waals surface area (Å²) >= 11 is 0. The van der Waals surface area contributed by atoms with Crippen molar-refractivity contribution in [1.29, 1.82) is 0 Å². The van der Waals surface area contributed by atoms with Gasteiger partial charge in [-0.3, -0.25) is 20.8 Å². The van der Waals surface area contributed by atoms with Crippen LogP contribution in [0.1, 0.15) is 11.1 Å². The molecule has 0 spiro atoms. The van der Waals surface area contributed by atoms with E-state index < -0.39 is 4.92 Å². The maximum atomic E-state index is 12.0. The van der Waals surface area contributed by atoms with Gasteiger partial charge in [-0.05, 0) is 19.1 Å². The molecule has 3 N–H and O–H groups in total. The summed E-state index contributed by atoms with van der Waals surface area (Å²) in [5.41, 5.74) is 4.03. The standard InChI is InChI=1S/C13H14N4O3/c1-9-3-2-6-16(13(9)18)8-10-7-11(17(19)20)4-5-12(10)15-14/h2-7,15H,8,14H2,1H3. The van der Waals surface area contributed by atoms with Crippen LogP contribution in [0, 0.1) is 17.0 Å². The molecule has 0 amide bonds. The molecule has 7 heteroatoms. The zero-order valence-electron chi connectivity index (χ0n) is 10.9. The lowest BCUT2D eigenvalue weighted by Gasteiger charge is -2.11. The summed E-state index contributed by atoms with van der Waals surface area (Å²) in [5, 5.41) is 10.8. The smallest absolute Gasteiger partial charge is 0.269 e. The van der Waals surface area contributed by atoms with Crippen molar-refractivity contribution in [3.05, 3.63) is 68.1 Å². The maximum Gasteiger partial charge on any atom is 0.269 e. The predicted octanol–water partition coefficient (Wildman–Crippen LogP) is 1.40. The number of aryl methyl sites for hydroxylation is 1. The molecule has 0 aliphatic carbocycles. The SMILES string of the molecule is Cc1cccn(Cc2cc([N+](=O)[O-])ccc2NN)c1=O. The van der Waals surface area contributed by atoms with E-state index in [1.165, 1.54) is 22.8 Å². The first-order chi connectivity index (χ1) is 9.52. The van der Waals surface area contributed by atoms with Crippen molar-refractivity contribution in [2.24, 2.45) is 5.84 Å². The summed E-state index contributed by atoms with van der Waals surface area (Å²) in [4.78, 5) is 22.3. The molecule has 0 atom stereocenters. The second kappa shape index (κ2) is 5.54. The van der Waals surface area contributed by atoms with E-state index in [1.807, 2.05) is 0 Å². The average molecular weight is 274 g/mol. The second-order valence-corrected chi connectivity index (χ2v) is 4.37. The van der Waals surface area contributed by atoms with Gasteiger partial charge in [0.15, 0.2) is 0 Å². The van der Waals surface area contributed by atoms with Crippen LogP contribution in [0.2, 0.25) is 0 Å². The third kappa shape index (κ3) is 2.67. The Kier molecular flexibility index (Phi) is 3.81. The minimum absolute atomic E-state index is 0.0419. The maximum absolute atomic E-state index is 12.0. The highest BCUT2D eigenvalue weighted by molar-refractivity contribution is 5.55. The van der Waals surface area contributed by atoms with Crippen LogP contribution in [-0.2, 0) is 6.54 Å². The van der Waals surface area contributed by atoms with Crippen molar-refractivity contribution >= 4 is 11.4 Å². The third-order valence-corrected chi connectivity index (χ3v) is 3.01. The van der Waals surface area contributed by atoms with Crippen LogP contribution in [0.5, 0.6) is 0 Å². The van der Waals surface area contributed by atoms with Crippen molar-refractivity contribution in [2.75, 3.05) is 5.43 Å².